The molecule has 0 heterocycles. The second-order valence-corrected chi connectivity index (χ2v) is 4.21. The number of carbonyl (C=O) groups is 1. The van der Waals surface area contributed by atoms with Gasteiger partial charge in [-0.05, 0) is 29.8 Å². The maximum Gasteiger partial charge on any atom is 0.255 e. The minimum atomic E-state index is -0.811. The van der Waals surface area contributed by atoms with Crippen LogP contribution >= 0.6 is 0 Å². The Balaban J connectivity index is 2.11. The van der Waals surface area contributed by atoms with Gasteiger partial charge in [0, 0.05) is 18.7 Å². The second kappa shape index (κ2) is 6.25. The minimum Gasteiger partial charge on any atom is -0.380 e. The van der Waals surface area contributed by atoms with Gasteiger partial charge < -0.3 is 10.1 Å². The number of carbonyl (C=O) groups excluding carboxylic acids is 1. The number of hydrogen-bond donors (Lipinski definition) is 1. The van der Waals surface area contributed by atoms with Crippen LogP contribution in [0.2, 0.25) is 0 Å². The van der Waals surface area contributed by atoms with Gasteiger partial charge in [0.25, 0.3) is 5.91 Å². The Hall–Kier alpha value is -2.27. The molecule has 0 aliphatic rings. The lowest BCUT2D eigenvalue weighted by Crippen LogP contribution is -2.13. The van der Waals surface area contributed by atoms with Crippen LogP contribution in [0.25, 0.3) is 0 Å². The molecular weight excluding hydrogens is 264 g/mol. The number of hydrogen-bond acceptors (Lipinski definition) is 2. The normalized spacial score (nSPS) is 10.3. The van der Waals surface area contributed by atoms with Crippen molar-refractivity contribution in [3.05, 3.63) is 65.2 Å². The molecule has 0 aromatic heterocycles. The van der Waals surface area contributed by atoms with E-state index < -0.39 is 17.5 Å². The van der Waals surface area contributed by atoms with E-state index >= 15 is 0 Å². The highest BCUT2D eigenvalue weighted by Crippen LogP contribution is 2.16. The summed E-state index contributed by atoms with van der Waals surface area (Å²) in [6, 6.07) is 9.72. The lowest BCUT2D eigenvalue weighted by molar-refractivity contribution is 0.102. The van der Waals surface area contributed by atoms with Gasteiger partial charge in [0.05, 0.1) is 12.3 Å². The minimum absolute atomic E-state index is 0.0580. The molecule has 104 valence electrons. The van der Waals surface area contributed by atoms with Crippen molar-refractivity contribution < 1.29 is 18.3 Å². The predicted molar refractivity (Wildman–Crippen MR) is 71.5 cm³/mol. The average Bonchev–Trinajstić information content (AvgIpc) is 2.43. The number of nitrogens with one attached hydrogen (secondary N) is 1. The van der Waals surface area contributed by atoms with E-state index in [0.717, 1.165) is 17.7 Å². The Morgan fingerprint density at radius 2 is 1.85 bits per heavy atom. The quantitative estimate of drug-likeness (QED) is 0.930. The monoisotopic (exact) mass is 277 g/mol. The highest BCUT2D eigenvalue weighted by molar-refractivity contribution is 6.04. The SMILES string of the molecule is COCc1ccc(C(=O)Nc2ccc(F)cc2F)cc1. The first-order valence-electron chi connectivity index (χ1n) is 5.94. The van der Waals surface area contributed by atoms with Crippen molar-refractivity contribution in [2.24, 2.45) is 0 Å². The number of rotatable bonds is 4. The summed E-state index contributed by atoms with van der Waals surface area (Å²) in [6.45, 7) is 0.453. The molecule has 0 saturated heterocycles. The van der Waals surface area contributed by atoms with Gasteiger partial charge in [0.2, 0.25) is 0 Å². The van der Waals surface area contributed by atoms with Gasteiger partial charge >= 0.3 is 0 Å². The molecule has 1 N–H and O–H groups in total. The zero-order valence-corrected chi connectivity index (χ0v) is 10.8. The number of benzene rings is 2. The second-order valence-electron chi connectivity index (χ2n) is 4.21. The molecule has 0 bridgehead atoms. The molecule has 0 radical (unpaired) electrons. The number of methoxy groups -OCH3 is 1. The molecule has 2 aromatic rings. The van der Waals surface area contributed by atoms with E-state index in [2.05, 4.69) is 5.32 Å². The maximum atomic E-state index is 13.4. The summed E-state index contributed by atoms with van der Waals surface area (Å²) >= 11 is 0. The van der Waals surface area contributed by atoms with E-state index in [1.54, 1.807) is 31.4 Å². The third kappa shape index (κ3) is 3.39. The van der Waals surface area contributed by atoms with Crippen LogP contribution in [0.15, 0.2) is 42.5 Å². The fraction of sp³-hybridized carbons (Fsp3) is 0.133. The van der Waals surface area contributed by atoms with Crippen LogP contribution in [0, 0.1) is 11.6 Å². The van der Waals surface area contributed by atoms with E-state index in [1.165, 1.54) is 6.07 Å². The molecule has 0 unspecified atom stereocenters. The van der Waals surface area contributed by atoms with E-state index in [4.69, 9.17) is 4.74 Å². The first-order chi connectivity index (χ1) is 9.60. The van der Waals surface area contributed by atoms with Crippen molar-refractivity contribution in [2.75, 3.05) is 12.4 Å². The molecule has 2 rings (SSSR count). The Kier molecular flexibility index (Phi) is 4.42. The van der Waals surface area contributed by atoms with Gasteiger partial charge in [0.1, 0.15) is 11.6 Å². The van der Waals surface area contributed by atoms with Crippen molar-refractivity contribution in [3.63, 3.8) is 0 Å². The summed E-state index contributed by atoms with van der Waals surface area (Å²) in [4.78, 5) is 11.9. The van der Waals surface area contributed by atoms with Crippen LogP contribution in [0.4, 0.5) is 14.5 Å². The number of anilines is 1. The molecule has 0 aliphatic heterocycles. The van der Waals surface area contributed by atoms with Gasteiger partial charge in [0.15, 0.2) is 0 Å². The molecule has 0 fully saturated rings. The van der Waals surface area contributed by atoms with E-state index in [9.17, 15) is 13.6 Å². The van der Waals surface area contributed by atoms with Crippen LogP contribution < -0.4 is 5.32 Å². The standard InChI is InChI=1S/C15H13F2NO2/c1-20-9-10-2-4-11(5-3-10)15(19)18-14-7-6-12(16)8-13(14)17/h2-8H,9H2,1H3,(H,18,19). The zero-order valence-electron chi connectivity index (χ0n) is 10.8. The van der Waals surface area contributed by atoms with Gasteiger partial charge in [-0.1, -0.05) is 12.1 Å². The van der Waals surface area contributed by atoms with Crippen molar-refractivity contribution in [3.8, 4) is 0 Å². The van der Waals surface area contributed by atoms with Crippen molar-refractivity contribution in [1.29, 1.82) is 0 Å². The Labute approximate surface area is 115 Å². The molecule has 0 saturated carbocycles. The third-order valence-corrected chi connectivity index (χ3v) is 2.71. The van der Waals surface area contributed by atoms with Gasteiger partial charge in [-0.2, -0.15) is 0 Å². The highest BCUT2D eigenvalue weighted by atomic mass is 19.1. The largest absolute Gasteiger partial charge is 0.380 e. The Morgan fingerprint density at radius 1 is 1.15 bits per heavy atom. The summed E-state index contributed by atoms with van der Waals surface area (Å²) in [5.41, 5.74) is 1.25. The van der Waals surface area contributed by atoms with Gasteiger partial charge in [-0.25, -0.2) is 8.78 Å². The summed E-state index contributed by atoms with van der Waals surface area (Å²) in [5, 5.41) is 2.39. The van der Waals surface area contributed by atoms with Crippen molar-refractivity contribution in [1.82, 2.24) is 0 Å². The smallest absolute Gasteiger partial charge is 0.255 e. The topological polar surface area (TPSA) is 38.3 Å². The Bertz CT molecular complexity index is 612. The van der Waals surface area contributed by atoms with Crippen LogP contribution in [-0.4, -0.2) is 13.0 Å². The number of amides is 1. The molecule has 20 heavy (non-hydrogen) atoms. The number of halogens is 2. The van der Waals surface area contributed by atoms with Crippen molar-refractivity contribution in [2.45, 2.75) is 6.61 Å². The molecular formula is C15H13F2NO2. The fourth-order valence-electron chi connectivity index (χ4n) is 1.70. The van der Waals surface area contributed by atoms with Gasteiger partial charge in [-0.3, -0.25) is 4.79 Å². The highest BCUT2D eigenvalue weighted by Gasteiger charge is 2.10. The first kappa shape index (κ1) is 14.1. The molecule has 2 aromatic carbocycles. The lowest BCUT2D eigenvalue weighted by Gasteiger charge is -2.07. The molecule has 3 nitrogen and oxygen atoms in total. The van der Waals surface area contributed by atoms with Crippen LogP contribution in [0.1, 0.15) is 15.9 Å². The molecule has 0 aliphatic carbocycles. The summed E-state index contributed by atoms with van der Waals surface area (Å²) < 4.78 is 31.1. The maximum absolute atomic E-state index is 13.4. The average molecular weight is 277 g/mol. The van der Waals surface area contributed by atoms with Crippen LogP contribution in [0.5, 0.6) is 0 Å². The molecule has 0 atom stereocenters. The molecule has 0 spiro atoms. The summed E-state index contributed by atoms with van der Waals surface area (Å²) in [5.74, 6) is -1.96. The zero-order chi connectivity index (χ0) is 14.5. The van der Waals surface area contributed by atoms with E-state index in [-0.39, 0.29) is 5.69 Å². The van der Waals surface area contributed by atoms with E-state index in [1.807, 2.05) is 0 Å². The van der Waals surface area contributed by atoms with Crippen molar-refractivity contribution >= 4 is 11.6 Å². The van der Waals surface area contributed by atoms with Crippen LogP contribution in [0.3, 0.4) is 0 Å². The first-order valence-corrected chi connectivity index (χ1v) is 5.94. The Morgan fingerprint density at radius 3 is 2.45 bits per heavy atom. The van der Waals surface area contributed by atoms with Gasteiger partial charge in [-0.15, -0.1) is 0 Å². The predicted octanol–water partition coefficient (Wildman–Crippen LogP) is 3.36. The summed E-state index contributed by atoms with van der Waals surface area (Å²) in [7, 11) is 1.58. The van der Waals surface area contributed by atoms with E-state index in [0.29, 0.717) is 12.2 Å². The fourth-order valence-corrected chi connectivity index (χ4v) is 1.70. The third-order valence-electron chi connectivity index (χ3n) is 2.71. The number of ether oxygens (including phenoxy) is 1. The lowest BCUT2D eigenvalue weighted by atomic mass is 10.1. The molecule has 5 heteroatoms. The van der Waals surface area contributed by atoms with Crippen LogP contribution in [-0.2, 0) is 11.3 Å². The molecule has 1 amide bonds. The summed E-state index contributed by atoms with van der Waals surface area (Å²) in [6.07, 6.45) is 0.